The van der Waals surface area contributed by atoms with E-state index in [2.05, 4.69) is 0 Å². The van der Waals surface area contributed by atoms with Crippen molar-refractivity contribution in [3.63, 3.8) is 0 Å². The molecule has 4 aromatic rings. The Balaban J connectivity index is 1.58. The van der Waals surface area contributed by atoms with Gasteiger partial charge in [0, 0.05) is 16.9 Å². The van der Waals surface area contributed by atoms with Crippen LogP contribution in [0.25, 0.3) is 21.9 Å². The van der Waals surface area contributed by atoms with Gasteiger partial charge in [0.1, 0.15) is 29.0 Å². The summed E-state index contributed by atoms with van der Waals surface area (Å²) in [4.78, 5) is 0. The number of hydrogen-bond acceptors (Lipinski definition) is 1. The maximum atomic E-state index is 14.7. The van der Waals surface area contributed by atoms with Crippen LogP contribution in [0.5, 0.6) is 5.75 Å². The van der Waals surface area contributed by atoms with E-state index in [4.69, 9.17) is 0 Å². The van der Waals surface area contributed by atoms with Crippen LogP contribution in [0.2, 0.25) is 0 Å². The van der Waals surface area contributed by atoms with Crippen molar-refractivity contribution in [1.29, 1.82) is 0 Å². The van der Waals surface area contributed by atoms with Gasteiger partial charge in [0.25, 0.3) is 0 Å². The molecule has 4 aromatic carbocycles. The molecular formula is C27H15F7O. The summed E-state index contributed by atoms with van der Waals surface area (Å²) in [6, 6.07) is 13.2. The topological polar surface area (TPSA) is 20.2 Å². The van der Waals surface area contributed by atoms with E-state index in [1.54, 1.807) is 0 Å². The van der Waals surface area contributed by atoms with Crippen molar-refractivity contribution < 1.29 is 35.8 Å². The van der Waals surface area contributed by atoms with Gasteiger partial charge in [0.05, 0.1) is 5.56 Å². The Kier molecular flexibility index (Phi) is 6.44. The Bertz CT molecular complexity index is 1450. The van der Waals surface area contributed by atoms with E-state index in [9.17, 15) is 35.8 Å². The predicted molar refractivity (Wildman–Crippen MR) is 118 cm³/mol. The van der Waals surface area contributed by atoms with Gasteiger partial charge in [-0.1, -0.05) is 36.3 Å². The molecule has 0 aromatic heterocycles. The van der Waals surface area contributed by atoms with Crippen LogP contribution in [0.4, 0.5) is 30.7 Å². The fraction of sp³-hybridized carbons (Fsp3) is 0.111. The molecule has 1 N–H and O–H groups in total. The predicted octanol–water partition coefficient (Wildman–Crippen LogP) is 7.47. The molecule has 0 aliphatic rings. The lowest BCUT2D eigenvalue weighted by Gasteiger charge is -2.10. The van der Waals surface area contributed by atoms with Gasteiger partial charge in [0.2, 0.25) is 0 Å². The highest BCUT2D eigenvalue weighted by molar-refractivity contribution is 5.85. The first kappa shape index (κ1) is 24.1. The molecule has 0 saturated heterocycles. The molecule has 0 heterocycles. The van der Waals surface area contributed by atoms with Crippen LogP contribution in [0, 0.1) is 35.1 Å². The van der Waals surface area contributed by atoms with Crippen LogP contribution in [0.15, 0.2) is 60.7 Å². The molecule has 1 nitrogen and oxygen atoms in total. The molecule has 0 aliphatic carbocycles. The Morgan fingerprint density at radius 3 is 2.00 bits per heavy atom. The largest absolute Gasteiger partial charge is 0.508 e. The molecule has 35 heavy (non-hydrogen) atoms. The second-order valence-corrected chi connectivity index (χ2v) is 7.82. The zero-order valence-electron chi connectivity index (χ0n) is 17.8. The summed E-state index contributed by atoms with van der Waals surface area (Å²) in [5.74, 6) is -1.64. The van der Waals surface area contributed by atoms with Gasteiger partial charge in [-0.2, -0.15) is 13.2 Å². The number of phenolic OH excluding ortho intramolecular Hbond substituents is 1. The van der Waals surface area contributed by atoms with E-state index >= 15 is 0 Å². The lowest BCUT2D eigenvalue weighted by Crippen LogP contribution is -2.03. The Morgan fingerprint density at radius 2 is 1.37 bits per heavy atom. The zero-order chi connectivity index (χ0) is 25.3. The highest BCUT2D eigenvalue weighted by Crippen LogP contribution is 2.28. The lowest BCUT2D eigenvalue weighted by atomic mass is 9.97. The van der Waals surface area contributed by atoms with E-state index in [0.717, 1.165) is 12.0 Å². The molecule has 0 aliphatic heterocycles. The van der Waals surface area contributed by atoms with Crippen LogP contribution >= 0.6 is 0 Å². The first-order valence-corrected chi connectivity index (χ1v) is 10.3. The highest BCUT2D eigenvalue weighted by atomic mass is 19.4. The third-order valence-electron chi connectivity index (χ3n) is 5.43. The van der Waals surface area contributed by atoms with Gasteiger partial charge in [-0.25, -0.2) is 17.6 Å². The van der Waals surface area contributed by atoms with Crippen molar-refractivity contribution in [2.75, 3.05) is 0 Å². The number of hydrogen-bond donors (Lipinski definition) is 1. The second-order valence-electron chi connectivity index (χ2n) is 7.82. The molecule has 0 spiro atoms. The van der Waals surface area contributed by atoms with E-state index < -0.39 is 35.0 Å². The summed E-state index contributed by atoms with van der Waals surface area (Å²) in [5.41, 5.74) is 0.185. The van der Waals surface area contributed by atoms with Crippen molar-refractivity contribution in [3.05, 3.63) is 101 Å². The maximum Gasteiger partial charge on any atom is 0.458 e. The first-order chi connectivity index (χ1) is 16.5. The number of aromatic hydroxyl groups is 1. The molecule has 178 valence electrons. The van der Waals surface area contributed by atoms with Crippen molar-refractivity contribution in [1.82, 2.24) is 0 Å². The smallest absolute Gasteiger partial charge is 0.458 e. The maximum absolute atomic E-state index is 14.7. The molecule has 4 rings (SSSR count). The summed E-state index contributed by atoms with van der Waals surface area (Å²) in [6.07, 6.45) is -4.80. The molecule has 0 bridgehead atoms. The first-order valence-electron chi connectivity index (χ1n) is 10.3. The van der Waals surface area contributed by atoms with Gasteiger partial charge in [0.15, 0.2) is 0 Å². The van der Waals surface area contributed by atoms with Crippen LogP contribution in [-0.2, 0) is 12.8 Å². The number of halogens is 7. The minimum Gasteiger partial charge on any atom is -0.508 e. The minimum absolute atomic E-state index is 0.0203. The Morgan fingerprint density at radius 1 is 0.714 bits per heavy atom. The number of fused-ring (bicyclic) bond motifs is 1. The van der Waals surface area contributed by atoms with Gasteiger partial charge >= 0.3 is 6.18 Å². The van der Waals surface area contributed by atoms with Gasteiger partial charge < -0.3 is 5.11 Å². The second kappa shape index (κ2) is 9.34. The van der Waals surface area contributed by atoms with E-state index in [1.165, 1.54) is 60.5 Å². The summed E-state index contributed by atoms with van der Waals surface area (Å²) >= 11 is 0. The molecule has 0 atom stereocenters. The quantitative estimate of drug-likeness (QED) is 0.233. The summed E-state index contributed by atoms with van der Waals surface area (Å²) in [5, 5.41) is 9.32. The average Bonchev–Trinajstić information content (AvgIpc) is 2.78. The van der Waals surface area contributed by atoms with Crippen LogP contribution in [0.1, 0.15) is 16.7 Å². The summed E-state index contributed by atoms with van der Waals surface area (Å²) in [6.45, 7) is 0. The number of benzene rings is 4. The summed E-state index contributed by atoms with van der Waals surface area (Å²) < 4.78 is 95.0. The van der Waals surface area contributed by atoms with Gasteiger partial charge in [-0.05, 0) is 65.3 Å². The molecule has 8 heteroatoms. The Hall–Kier alpha value is -3.99. The van der Waals surface area contributed by atoms with E-state index in [0.29, 0.717) is 16.7 Å². The van der Waals surface area contributed by atoms with E-state index in [1.807, 2.05) is 0 Å². The van der Waals surface area contributed by atoms with Gasteiger partial charge in [-0.15, -0.1) is 0 Å². The van der Waals surface area contributed by atoms with Crippen molar-refractivity contribution in [3.8, 4) is 28.7 Å². The number of phenols is 1. The van der Waals surface area contributed by atoms with Crippen molar-refractivity contribution in [2.45, 2.75) is 19.0 Å². The third-order valence-corrected chi connectivity index (χ3v) is 5.43. The summed E-state index contributed by atoms with van der Waals surface area (Å²) in [7, 11) is 0. The minimum atomic E-state index is -4.90. The SMILES string of the molecule is Oc1ccc(-c2cc(F)c(CCc3ccc4c(F)c(C#CC(F)(F)F)c(F)cc4c3)c(F)c2)cc1. The highest BCUT2D eigenvalue weighted by Gasteiger charge is 2.24. The number of alkyl halides is 3. The monoisotopic (exact) mass is 488 g/mol. The lowest BCUT2D eigenvalue weighted by molar-refractivity contribution is -0.0696. The average molecular weight is 488 g/mol. The molecule has 0 fully saturated rings. The van der Waals surface area contributed by atoms with Crippen LogP contribution in [0.3, 0.4) is 0 Å². The Labute approximate surface area is 195 Å². The van der Waals surface area contributed by atoms with Crippen LogP contribution < -0.4 is 0 Å². The van der Waals surface area contributed by atoms with Crippen molar-refractivity contribution >= 4 is 10.8 Å². The zero-order valence-corrected chi connectivity index (χ0v) is 17.8. The number of rotatable bonds is 4. The standard InChI is InChI=1S/C27H15F7O/c28-23-12-17(16-3-5-19(35)6-4-16)13-24(29)21(23)8-2-15-1-7-20-18(11-15)14-25(30)22(26(20)31)9-10-27(32,33)34/h1,3-7,11-14,35H,2,8H2. The van der Waals surface area contributed by atoms with E-state index in [-0.39, 0.29) is 34.9 Å². The molecule has 0 radical (unpaired) electrons. The molecule has 0 unspecified atom stereocenters. The fourth-order valence-corrected chi connectivity index (χ4v) is 3.71. The third kappa shape index (κ3) is 5.40. The normalized spacial score (nSPS) is 11.4. The van der Waals surface area contributed by atoms with Crippen LogP contribution in [-0.4, -0.2) is 11.3 Å². The molecule has 0 amide bonds. The molecular weight excluding hydrogens is 473 g/mol. The number of aryl methyl sites for hydroxylation is 1. The van der Waals surface area contributed by atoms with Gasteiger partial charge in [-0.3, -0.25) is 0 Å². The molecule has 0 saturated carbocycles. The fourth-order valence-electron chi connectivity index (χ4n) is 3.71. The van der Waals surface area contributed by atoms with Crippen molar-refractivity contribution in [2.24, 2.45) is 0 Å².